The van der Waals surface area contributed by atoms with Gasteiger partial charge < -0.3 is 4.74 Å². The lowest BCUT2D eigenvalue weighted by atomic mass is 10.3. The van der Waals surface area contributed by atoms with Gasteiger partial charge in [-0.05, 0) is 6.92 Å². The van der Waals surface area contributed by atoms with Gasteiger partial charge in [-0.2, -0.15) is 5.10 Å². The third kappa shape index (κ3) is 2.93. The van der Waals surface area contributed by atoms with Gasteiger partial charge in [0.15, 0.2) is 17.5 Å². The van der Waals surface area contributed by atoms with Crippen molar-refractivity contribution >= 4 is 5.97 Å². The Morgan fingerprint density at radius 3 is 2.57 bits per heavy atom. The number of halogens is 3. The maximum Gasteiger partial charge on any atom is 0.362 e. The first-order valence-corrected chi connectivity index (χ1v) is 5.86. The molecule has 0 atom stereocenters. The molecule has 0 aliphatic rings. The third-order valence-electron chi connectivity index (χ3n) is 2.51. The van der Waals surface area contributed by atoms with Crippen molar-refractivity contribution in [2.24, 2.45) is 0 Å². The Bertz CT molecular complexity index is 759. The quantitative estimate of drug-likeness (QED) is 0.640. The SMILES string of the molecule is CCOC(=O)c1nn(-c2cc(F)c(F)cc2F)ccc1=O. The van der Waals surface area contributed by atoms with Crippen LogP contribution in [0.2, 0.25) is 0 Å². The van der Waals surface area contributed by atoms with Crippen molar-refractivity contribution in [3.8, 4) is 5.69 Å². The maximum absolute atomic E-state index is 13.6. The van der Waals surface area contributed by atoms with Crippen molar-refractivity contribution in [1.82, 2.24) is 9.78 Å². The van der Waals surface area contributed by atoms with Crippen LogP contribution in [0.5, 0.6) is 0 Å². The summed E-state index contributed by atoms with van der Waals surface area (Å²) in [5, 5.41) is 3.59. The molecule has 0 N–H and O–H groups in total. The number of aromatic nitrogens is 2. The molecule has 1 aromatic carbocycles. The fraction of sp³-hybridized carbons (Fsp3) is 0.154. The van der Waals surface area contributed by atoms with Crippen LogP contribution < -0.4 is 5.43 Å². The van der Waals surface area contributed by atoms with Crippen LogP contribution in [-0.2, 0) is 4.74 Å². The minimum absolute atomic E-state index is 0.0222. The summed E-state index contributed by atoms with van der Waals surface area (Å²) in [4.78, 5) is 23.0. The number of carbonyl (C=O) groups is 1. The lowest BCUT2D eigenvalue weighted by molar-refractivity contribution is 0.0515. The van der Waals surface area contributed by atoms with E-state index < -0.39 is 40.2 Å². The molecule has 0 saturated carbocycles. The van der Waals surface area contributed by atoms with Crippen LogP contribution in [0, 0.1) is 17.5 Å². The molecule has 0 saturated heterocycles. The number of hydrogen-bond donors (Lipinski definition) is 0. The van der Waals surface area contributed by atoms with Crippen molar-refractivity contribution in [2.45, 2.75) is 6.92 Å². The summed E-state index contributed by atoms with van der Waals surface area (Å²) in [5.74, 6) is -4.73. The maximum atomic E-state index is 13.6. The average molecular weight is 298 g/mol. The van der Waals surface area contributed by atoms with Crippen molar-refractivity contribution in [1.29, 1.82) is 0 Å². The summed E-state index contributed by atoms with van der Waals surface area (Å²) in [7, 11) is 0. The average Bonchev–Trinajstić information content (AvgIpc) is 2.44. The second-order valence-electron chi connectivity index (χ2n) is 3.91. The zero-order chi connectivity index (χ0) is 15.6. The summed E-state index contributed by atoms with van der Waals surface area (Å²) < 4.78 is 45.1. The molecular weight excluding hydrogens is 289 g/mol. The lowest BCUT2D eigenvalue weighted by Crippen LogP contribution is -2.22. The molecule has 0 fully saturated rings. The minimum atomic E-state index is -1.36. The molecule has 0 aliphatic heterocycles. The van der Waals surface area contributed by atoms with Crippen LogP contribution in [0.3, 0.4) is 0 Å². The van der Waals surface area contributed by atoms with E-state index in [1.807, 2.05) is 0 Å². The highest BCUT2D eigenvalue weighted by atomic mass is 19.2. The molecule has 21 heavy (non-hydrogen) atoms. The molecule has 0 spiro atoms. The van der Waals surface area contributed by atoms with Gasteiger partial charge in [0.1, 0.15) is 5.69 Å². The number of carbonyl (C=O) groups excluding carboxylic acids is 1. The van der Waals surface area contributed by atoms with E-state index in [1.54, 1.807) is 0 Å². The van der Waals surface area contributed by atoms with Gasteiger partial charge in [0.25, 0.3) is 0 Å². The Balaban J connectivity index is 2.56. The molecular formula is C13H9F3N2O3. The van der Waals surface area contributed by atoms with Crippen LogP contribution in [0.15, 0.2) is 29.2 Å². The van der Waals surface area contributed by atoms with Crippen LogP contribution >= 0.6 is 0 Å². The third-order valence-corrected chi connectivity index (χ3v) is 2.51. The van der Waals surface area contributed by atoms with E-state index in [0.29, 0.717) is 12.1 Å². The Morgan fingerprint density at radius 2 is 1.90 bits per heavy atom. The number of nitrogens with zero attached hydrogens (tertiary/aromatic N) is 2. The van der Waals surface area contributed by atoms with Gasteiger partial charge in [-0.15, -0.1) is 0 Å². The van der Waals surface area contributed by atoms with Gasteiger partial charge >= 0.3 is 5.97 Å². The molecule has 2 rings (SSSR count). The van der Waals surface area contributed by atoms with E-state index in [9.17, 15) is 22.8 Å². The molecule has 110 valence electrons. The van der Waals surface area contributed by atoms with Gasteiger partial charge in [-0.1, -0.05) is 0 Å². The summed E-state index contributed by atoms with van der Waals surface area (Å²) in [6.07, 6.45) is 1.03. The summed E-state index contributed by atoms with van der Waals surface area (Å²) in [6.45, 7) is 1.56. The molecule has 0 radical (unpaired) electrons. The summed E-state index contributed by atoms with van der Waals surface area (Å²) in [5.41, 5.74) is -1.75. The fourth-order valence-electron chi connectivity index (χ4n) is 1.57. The molecule has 0 bridgehead atoms. The van der Waals surface area contributed by atoms with Gasteiger partial charge in [-0.25, -0.2) is 22.6 Å². The highest BCUT2D eigenvalue weighted by Gasteiger charge is 2.17. The van der Waals surface area contributed by atoms with Crippen molar-refractivity contribution in [3.63, 3.8) is 0 Å². The minimum Gasteiger partial charge on any atom is -0.461 e. The molecule has 1 heterocycles. The van der Waals surface area contributed by atoms with E-state index in [4.69, 9.17) is 0 Å². The first-order valence-electron chi connectivity index (χ1n) is 5.86. The van der Waals surface area contributed by atoms with Gasteiger partial charge in [0.2, 0.25) is 11.1 Å². The second-order valence-corrected chi connectivity index (χ2v) is 3.91. The highest BCUT2D eigenvalue weighted by molar-refractivity contribution is 5.86. The van der Waals surface area contributed by atoms with E-state index >= 15 is 0 Å². The topological polar surface area (TPSA) is 61.2 Å². The van der Waals surface area contributed by atoms with Crippen molar-refractivity contribution in [2.75, 3.05) is 6.61 Å². The molecule has 1 aromatic heterocycles. The zero-order valence-electron chi connectivity index (χ0n) is 10.8. The highest BCUT2D eigenvalue weighted by Crippen LogP contribution is 2.16. The summed E-state index contributed by atoms with van der Waals surface area (Å²) in [6, 6.07) is 1.85. The molecule has 0 amide bonds. The molecule has 0 aliphatic carbocycles. The van der Waals surface area contributed by atoms with Gasteiger partial charge in [0.05, 0.1) is 6.61 Å². The normalized spacial score (nSPS) is 10.5. The first-order chi connectivity index (χ1) is 9.93. The predicted octanol–water partition coefficient (Wildman–Crippen LogP) is 1.83. The number of esters is 1. The number of hydrogen-bond acceptors (Lipinski definition) is 4. The smallest absolute Gasteiger partial charge is 0.362 e. The van der Waals surface area contributed by atoms with Crippen LogP contribution in [0.4, 0.5) is 13.2 Å². The Morgan fingerprint density at radius 1 is 1.24 bits per heavy atom. The van der Waals surface area contributed by atoms with Gasteiger partial charge in [0, 0.05) is 24.4 Å². The van der Waals surface area contributed by atoms with Crippen LogP contribution in [0.1, 0.15) is 17.4 Å². The monoisotopic (exact) mass is 298 g/mol. The van der Waals surface area contributed by atoms with Crippen LogP contribution in [0.25, 0.3) is 5.69 Å². The lowest BCUT2D eigenvalue weighted by Gasteiger charge is -2.08. The Hall–Kier alpha value is -2.64. The molecule has 0 unspecified atom stereocenters. The van der Waals surface area contributed by atoms with Crippen LogP contribution in [-0.4, -0.2) is 22.4 Å². The molecule has 5 nitrogen and oxygen atoms in total. The Labute approximate surface area is 116 Å². The first kappa shape index (κ1) is 14.8. The van der Waals surface area contributed by atoms with Crippen molar-refractivity contribution < 1.29 is 22.7 Å². The molecule has 8 heteroatoms. The van der Waals surface area contributed by atoms with E-state index in [1.165, 1.54) is 6.92 Å². The predicted molar refractivity (Wildman–Crippen MR) is 65.7 cm³/mol. The number of rotatable bonds is 3. The largest absolute Gasteiger partial charge is 0.461 e. The fourth-order valence-corrected chi connectivity index (χ4v) is 1.57. The van der Waals surface area contributed by atoms with E-state index in [-0.39, 0.29) is 6.61 Å². The standard InChI is InChI=1S/C13H9F3N2O3/c1-2-21-13(20)12-11(19)3-4-18(17-12)10-6-8(15)7(14)5-9(10)16/h3-6H,2H2,1H3. The van der Waals surface area contributed by atoms with Gasteiger partial charge in [-0.3, -0.25) is 4.79 Å². The Kier molecular flexibility index (Phi) is 4.06. The summed E-state index contributed by atoms with van der Waals surface area (Å²) >= 11 is 0. The van der Waals surface area contributed by atoms with Crippen molar-refractivity contribution in [3.05, 3.63) is 57.8 Å². The number of ether oxygens (including phenoxy) is 1. The van der Waals surface area contributed by atoms with E-state index in [0.717, 1.165) is 16.9 Å². The van der Waals surface area contributed by atoms with E-state index in [2.05, 4.69) is 9.84 Å². The second kappa shape index (κ2) is 5.78. The zero-order valence-corrected chi connectivity index (χ0v) is 10.8. The molecule has 2 aromatic rings. The number of benzene rings is 1.